The number of hydrogen-bond acceptors (Lipinski definition) is 5. The number of carboxylic acid groups (broad SMARTS) is 1. The number of nitrogens with zero attached hydrogens (tertiary/aromatic N) is 3. The van der Waals surface area contributed by atoms with Crippen molar-refractivity contribution in [3.63, 3.8) is 0 Å². The maximum absolute atomic E-state index is 13.5. The van der Waals surface area contributed by atoms with Crippen LogP contribution in [0.2, 0.25) is 0 Å². The van der Waals surface area contributed by atoms with Crippen LogP contribution in [0.15, 0.2) is 24.4 Å². The number of nitro benzene ring substituents is 1. The highest BCUT2D eigenvalue weighted by Gasteiger charge is 2.22. The Labute approximate surface area is 111 Å². The maximum atomic E-state index is 13.5. The first-order valence-corrected chi connectivity index (χ1v) is 5.36. The predicted molar refractivity (Wildman–Crippen MR) is 66.5 cm³/mol. The quantitative estimate of drug-likeness (QED) is 0.653. The number of hydrogen-bond donors (Lipinski definition) is 2. The molecule has 8 nitrogen and oxygen atoms in total. The molecule has 1 heterocycles. The number of aryl methyl sites for hydroxylation is 1. The molecule has 0 amide bonds. The molecule has 0 atom stereocenters. The monoisotopic (exact) mass is 280 g/mol. The lowest BCUT2D eigenvalue weighted by molar-refractivity contribution is -0.384. The smallest absolute Gasteiger partial charge is 0.338 e. The third kappa shape index (κ3) is 2.55. The first kappa shape index (κ1) is 13.5. The van der Waals surface area contributed by atoms with E-state index in [1.807, 2.05) is 0 Å². The Hall–Kier alpha value is -2.97. The van der Waals surface area contributed by atoms with Gasteiger partial charge in [-0.25, -0.2) is 9.18 Å². The predicted octanol–water partition coefficient (Wildman–Crippen LogP) is 1.91. The van der Waals surface area contributed by atoms with Crippen LogP contribution in [0, 0.1) is 15.9 Å². The minimum Gasteiger partial charge on any atom is -0.478 e. The zero-order chi connectivity index (χ0) is 14.9. The number of aromatic nitrogens is 2. The van der Waals surface area contributed by atoms with E-state index < -0.39 is 28.0 Å². The number of nitro groups is 1. The van der Waals surface area contributed by atoms with Gasteiger partial charge < -0.3 is 10.4 Å². The normalized spacial score (nSPS) is 10.3. The van der Waals surface area contributed by atoms with Gasteiger partial charge in [-0.05, 0) is 6.07 Å². The lowest BCUT2D eigenvalue weighted by Gasteiger charge is -2.06. The highest BCUT2D eigenvalue weighted by molar-refractivity contribution is 5.90. The highest BCUT2D eigenvalue weighted by atomic mass is 19.1. The average Bonchev–Trinajstić information content (AvgIpc) is 2.76. The minimum absolute atomic E-state index is 0.146. The molecule has 2 aromatic rings. The molecule has 0 aliphatic rings. The van der Waals surface area contributed by atoms with E-state index in [1.54, 1.807) is 13.2 Å². The molecule has 0 aliphatic heterocycles. The van der Waals surface area contributed by atoms with Crippen LogP contribution in [0.5, 0.6) is 0 Å². The first-order chi connectivity index (χ1) is 9.38. The summed E-state index contributed by atoms with van der Waals surface area (Å²) in [4.78, 5) is 20.9. The number of rotatable bonds is 4. The third-order valence-corrected chi connectivity index (χ3v) is 2.49. The Kier molecular flexibility index (Phi) is 3.34. The SMILES string of the molecule is Cn1ccc(Nc2cc(C(=O)O)c(F)cc2[N+](=O)[O-])n1. The van der Waals surface area contributed by atoms with Gasteiger partial charge in [0.25, 0.3) is 5.69 Å². The van der Waals surface area contributed by atoms with Gasteiger partial charge in [0.05, 0.1) is 16.6 Å². The molecule has 20 heavy (non-hydrogen) atoms. The topological polar surface area (TPSA) is 110 Å². The van der Waals surface area contributed by atoms with Gasteiger partial charge in [-0.3, -0.25) is 14.8 Å². The zero-order valence-electron chi connectivity index (χ0n) is 10.2. The summed E-state index contributed by atoms with van der Waals surface area (Å²) in [6, 6.07) is 2.97. The first-order valence-electron chi connectivity index (χ1n) is 5.36. The highest BCUT2D eigenvalue weighted by Crippen LogP contribution is 2.30. The molecule has 104 valence electrons. The van der Waals surface area contributed by atoms with Crippen LogP contribution in [-0.2, 0) is 7.05 Å². The fourth-order valence-electron chi connectivity index (χ4n) is 1.60. The summed E-state index contributed by atoms with van der Waals surface area (Å²) in [5.74, 6) is -2.41. The van der Waals surface area contributed by atoms with Crippen molar-refractivity contribution in [3.05, 3.63) is 45.9 Å². The van der Waals surface area contributed by atoms with Gasteiger partial charge in [0.15, 0.2) is 5.82 Å². The lowest BCUT2D eigenvalue weighted by atomic mass is 10.1. The van der Waals surface area contributed by atoms with Crippen LogP contribution in [0.25, 0.3) is 0 Å². The standard InChI is InChI=1S/C11H9FN4O4/c1-15-3-2-10(14-15)13-8-4-6(11(17)18)7(12)5-9(8)16(19)20/h2-5H,1H3,(H,13,14)(H,17,18). The van der Waals surface area contributed by atoms with Crippen molar-refractivity contribution in [2.24, 2.45) is 7.05 Å². The molecule has 0 radical (unpaired) electrons. The van der Waals surface area contributed by atoms with Crippen molar-refractivity contribution in [1.29, 1.82) is 0 Å². The zero-order valence-corrected chi connectivity index (χ0v) is 10.2. The summed E-state index contributed by atoms with van der Waals surface area (Å²) in [5.41, 5.74) is -1.38. The Morgan fingerprint density at radius 2 is 2.25 bits per heavy atom. The van der Waals surface area contributed by atoms with E-state index in [4.69, 9.17) is 5.11 Å². The van der Waals surface area contributed by atoms with E-state index in [9.17, 15) is 19.3 Å². The van der Waals surface area contributed by atoms with Crippen molar-refractivity contribution in [1.82, 2.24) is 9.78 Å². The Morgan fingerprint density at radius 3 is 2.75 bits per heavy atom. The molecule has 0 aliphatic carbocycles. The third-order valence-electron chi connectivity index (χ3n) is 2.49. The van der Waals surface area contributed by atoms with Crippen molar-refractivity contribution in [2.75, 3.05) is 5.32 Å². The summed E-state index contributed by atoms with van der Waals surface area (Å²) in [6.45, 7) is 0. The molecule has 2 rings (SSSR count). The average molecular weight is 280 g/mol. The van der Waals surface area contributed by atoms with Gasteiger partial charge in [0.2, 0.25) is 0 Å². The molecule has 0 saturated carbocycles. The molecule has 0 unspecified atom stereocenters. The van der Waals surface area contributed by atoms with Crippen LogP contribution in [0.1, 0.15) is 10.4 Å². The molecular formula is C11H9FN4O4. The van der Waals surface area contributed by atoms with E-state index in [0.29, 0.717) is 6.07 Å². The van der Waals surface area contributed by atoms with E-state index in [2.05, 4.69) is 10.4 Å². The largest absolute Gasteiger partial charge is 0.478 e. The second kappa shape index (κ2) is 4.96. The summed E-state index contributed by atoms with van der Waals surface area (Å²) in [7, 11) is 1.65. The van der Waals surface area contributed by atoms with Crippen molar-refractivity contribution in [3.8, 4) is 0 Å². The number of carboxylic acids is 1. The van der Waals surface area contributed by atoms with Gasteiger partial charge in [0, 0.05) is 19.3 Å². The molecule has 1 aromatic carbocycles. The number of aromatic carboxylic acids is 1. The lowest BCUT2D eigenvalue weighted by Crippen LogP contribution is -2.05. The number of benzene rings is 1. The van der Waals surface area contributed by atoms with Gasteiger partial charge in [-0.15, -0.1) is 0 Å². The second-order valence-electron chi connectivity index (χ2n) is 3.91. The number of halogens is 1. The Morgan fingerprint density at radius 1 is 1.55 bits per heavy atom. The summed E-state index contributed by atoms with van der Waals surface area (Å²) in [5, 5.41) is 26.2. The summed E-state index contributed by atoms with van der Waals surface area (Å²) < 4.78 is 14.9. The molecule has 2 N–H and O–H groups in total. The summed E-state index contributed by atoms with van der Waals surface area (Å²) >= 11 is 0. The Balaban J connectivity index is 2.50. The van der Waals surface area contributed by atoms with E-state index in [0.717, 1.165) is 6.07 Å². The second-order valence-corrected chi connectivity index (χ2v) is 3.91. The Bertz CT molecular complexity index is 698. The van der Waals surface area contributed by atoms with Crippen molar-refractivity contribution >= 4 is 23.2 Å². The fraction of sp³-hybridized carbons (Fsp3) is 0.0909. The molecule has 9 heteroatoms. The minimum atomic E-state index is -1.51. The molecule has 1 aromatic heterocycles. The van der Waals surface area contributed by atoms with Crippen molar-refractivity contribution < 1.29 is 19.2 Å². The van der Waals surface area contributed by atoms with Crippen LogP contribution < -0.4 is 5.32 Å². The van der Waals surface area contributed by atoms with Crippen LogP contribution >= 0.6 is 0 Å². The van der Waals surface area contributed by atoms with E-state index in [1.165, 1.54) is 10.7 Å². The molecule has 0 spiro atoms. The fourth-order valence-corrected chi connectivity index (χ4v) is 1.60. The molecular weight excluding hydrogens is 271 g/mol. The van der Waals surface area contributed by atoms with E-state index in [-0.39, 0.29) is 11.5 Å². The maximum Gasteiger partial charge on any atom is 0.338 e. The van der Waals surface area contributed by atoms with Gasteiger partial charge >= 0.3 is 5.97 Å². The van der Waals surface area contributed by atoms with Crippen LogP contribution in [-0.4, -0.2) is 25.8 Å². The number of carbonyl (C=O) groups is 1. The van der Waals surface area contributed by atoms with E-state index >= 15 is 0 Å². The van der Waals surface area contributed by atoms with Gasteiger partial charge in [0.1, 0.15) is 11.5 Å². The number of anilines is 2. The number of nitrogens with one attached hydrogen (secondary N) is 1. The summed E-state index contributed by atoms with van der Waals surface area (Å²) in [6.07, 6.45) is 1.59. The van der Waals surface area contributed by atoms with Gasteiger partial charge in [-0.1, -0.05) is 0 Å². The van der Waals surface area contributed by atoms with Crippen LogP contribution in [0.3, 0.4) is 0 Å². The molecule has 0 fully saturated rings. The van der Waals surface area contributed by atoms with Crippen LogP contribution in [0.4, 0.5) is 21.6 Å². The van der Waals surface area contributed by atoms with Crippen molar-refractivity contribution in [2.45, 2.75) is 0 Å². The molecule has 0 bridgehead atoms. The molecule has 0 saturated heterocycles. The van der Waals surface area contributed by atoms with Gasteiger partial charge in [-0.2, -0.15) is 5.10 Å².